The minimum atomic E-state index is -1.21. The largest absolute Gasteiger partial charge is 0.369 e. The van der Waals surface area contributed by atoms with Gasteiger partial charge in [-0.2, -0.15) is 0 Å². The molecule has 0 aromatic heterocycles. The normalized spacial score (nSPS) is 27.0. The van der Waals surface area contributed by atoms with Gasteiger partial charge < -0.3 is 16.0 Å². The molecular weight excluding hydrogens is 568 g/mol. The van der Waals surface area contributed by atoms with E-state index in [9.17, 15) is 28.0 Å². The molecule has 2 saturated carbocycles. The average molecular weight is 628 g/mol. The molecular formula is C33H59F2N5O4. The molecule has 7 unspecified atom stereocenters. The van der Waals surface area contributed by atoms with Gasteiger partial charge in [-0.05, 0) is 69.6 Å². The van der Waals surface area contributed by atoms with Crippen molar-refractivity contribution in [1.82, 2.24) is 20.7 Å². The van der Waals surface area contributed by atoms with Gasteiger partial charge in [-0.3, -0.25) is 24.6 Å². The molecule has 44 heavy (non-hydrogen) atoms. The summed E-state index contributed by atoms with van der Waals surface area (Å²) in [5, 5.41) is 5.04. The first-order valence-corrected chi connectivity index (χ1v) is 17.0. The summed E-state index contributed by atoms with van der Waals surface area (Å²) in [5.41, 5.74) is 8.70. The monoisotopic (exact) mass is 627 g/mol. The van der Waals surface area contributed by atoms with Gasteiger partial charge in [0.1, 0.15) is 12.3 Å². The van der Waals surface area contributed by atoms with Gasteiger partial charge in [0.05, 0.1) is 0 Å². The number of amides is 4. The maximum absolute atomic E-state index is 14.4. The number of rotatable bonds is 17. The number of nitrogens with one attached hydrogen (secondary N) is 2. The standard InChI is InChI=1S/C33H59F2N5O4/c1-7-10-39(11-8-2)33(44)26-17-24(30(36)41)16-25(18-26)32(43)37-29(15-23-13-27(34)19-28(35)14-23)22(6)20-40(12-9-3)38-31(42)21(4)5/h21-29H,7-20H2,1-6H3,(H2,36,41)(H,37,43)(H,38,42). The molecule has 0 bridgehead atoms. The summed E-state index contributed by atoms with van der Waals surface area (Å²) < 4.78 is 28.7. The van der Waals surface area contributed by atoms with E-state index in [0.717, 1.165) is 19.3 Å². The third kappa shape index (κ3) is 11.9. The summed E-state index contributed by atoms with van der Waals surface area (Å²) in [6.45, 7) is 14.0. The number of hydrogen-bond donors (Lipinski definition) is 3. The van der Waals surface area contributed by atoms with E-state index in [4.69, 9.17) is 5.73 Å². The lowest BCUT2D eigenvalue weighted by atomic mass is 9.73. The number of nitrogens with zero attached hydrogens (tertiary/aromatic N) is 2. The summed E-state index contributed by atoms with van der Waals surface area (Å²) in [4.78, 5) is 54.1. The number of carbonyl (C=O) groups excluding carboxylic acids is 4. The van der Waals surface area contributed by atoms with E-state index < -0.39 is 42.0 Å². The predicted molar refractivity (Wildman–Crippen MR) is 168 cm³/mol. The van der Waals surface area contributed by atoms with Gasteiger partial charge in [-0.1, -0.05) is 41.5 Å². The predicted octanol–water partition coefficient (Wildman–Crippen LogP) is 4.54. The molecule has 4 N–H and O–H groups in total. The Kier molecular flexibility index (Phi) is 16.0. The van der Waals surface area contributed by atoms with Crippen LogP contribution in [0.4, 0.5) is 8.78 Å². The maximum atomic E-state index is 14.4. The molecule has 0 aromatic carbocycles. The van der Waals surface area contributed by atoms with Crippen LogP contribution >= 0.6 is 0 Å². The van der Waals surface area contributed by atoms with Crippen molar-refractivity contribution in [3.8, 4) is 0 Å². The van der Waals surface area contributed by atoms with Crippen molar-refractivity contribution in [2.45, 2.75) is 124 Å². The molecule has 0 saturated heterocycles. The number of carbonyl (C=O) groups is 4. The van der Waals surface area contributed by atoms with Gasteiger partial charge in [-0.15, -0.1) is 0 Å². The van der Waals surface area contributed by atoms with Crippen molar-refractivity contribution >= 4 is 23.6 Å². The molecule has 0 aliphatic heterocycles. The first-order chi connectivity index (χ1) is 20.8. The van der Waals surface area contributed by atoms with Crippen LogP contribution in [0.3, 0.4) is 0 Å². The SMILES string of the molecule is CCCN(CC(C)C(CC1CC(F)CC(F)C1)NC(=O)C1CC(C(N)=O)CC(C(=O)N(CCC)CCC)C1)NC(=O)C(C)C. The first kappa shape index (κ1) is 37.9. The Morgan fingerprint density at radius 1 is 0.795 bits per heavy atom. The summed E-state index contributed by atoms with van der Waals surface area (Å²) in [7, 11) is 0. The van der Waals surface area contributed by atoms with Crippen LogP contribution in [0.5, 0.6) is 0 Å². The van der Waals surface area contributed by atoms with Gasteiger partial charge in [0.15, 0.2) is 0 Å². The van der Waals surface area contributed by atoms with E-state index in [1.54, 1.807) is 0 Å². The van der Waals surface area contributed by atoms with E-state index in [1.165, 1.54) is 0 Å². The molecule has 0 radical (unpaired) electrons. The van der Waals surface area contributed by atoms with Crippen LogP contribution in [0, 0.1) is 35.5 Å². The smallest absolute Gasteiger partial charge is 0.236 e. The summed E-state index contributed by atoms with van der Waals surface area (Å²) in [6, 6.07) is -0.417. The van der Waals surface area contributed by atoms with Crippen LogP contribution in [0.2, 0.25) is 0 Å². The van der Waals surface area contributed by atoms with Gasteiger partial charge in [0.2, 0.25) is 23.6 Å². The van der Waals surface area contributed by atoms with Crippen molar-refractivity contribution in [2.75, 3.05) is 26.2 Å². The number of hydrogen-bond acceptors (Lipinski definition) is 5. The number of nitrogens with two attached hydrogens (primary N) is 1. The van der Waals surface area contributed by atoms with Gasteiger partial charge in [-0.25, -0.2) is 13.8 Å². The van der Waals surface area contributed by atoms with E-state index in [2.05, 4.69) is 10.7 Å². The number of hydrazine groups is 1. The van der Waals surface area contributed by atoms with Gasteiger partial charge in [0, 0.05) is 62.3 Å². The molecule has 2 aliphatic carbocycles. The average Bonchev–Trinajstić information content (AvgIpc) is 2.95. The minimum absolute atomic E-state index is 0.0383. The fraction of sp³-hybridized carbons (Fsp3) is 0.879. The Morgan fingerprint density at radius 2 is 1.34 bits per heavy atom. The van der Waals surface area contributed by atoms with Crippen molar-refractivity contribution in [1.29, 1.82) is 0 Å². The molecule has 4 amide bonds. The lowest BCUT2D eigenvalue weighted by Crippen LogP contribution is -2.52. The Bertz CT molecular complexity index is 922. The van der Waals surface area contributed by atoms with E-state index in [0.29, 0.717) is 45.4 Å². The zero-order valence-corrected chi connectivity index (χ0v) is 28.0. The molecule has 254 valence electrons. The highest BCUT2D eigenvalue weighted by molar-refractivity contribution is 5.85. The molecule has 0 spiro atoms. The third-order valence-corrected chi connectivity index (χ3v) is 9.21. The van der Waals surface area contributed by atoms with Crippen LogP contribution in [-0.2, 0) is 19.2 Å². The lowest BCUT2D eigenvalue weighted by molar-refractivity contribution is -0.141. The Hall–Kier alpha value is -2.30. The third-order valence-electron chi connectivity index (χ3n) is 9.21. The quantitative estimate of drug-likeness (QED) is 0.204. The minimum Gasteiger partial charge on any atom is -0.369 e. The van der Waals surface area contributed by atoms with E-state index >= 15 is 0 Å². The highest BCUT2D eigenvalue weighted by Crippen LogP contribution is 2.36. The highest BCUT2D eigenvalue weighted by atomic mass is 19.1. The highest BCUT2D eigenvalue weighted by Gasteiger charge is 2.41. The molecule has 0 aromatic rings. The van der Waals surface area contributed by atoms with E-state index in [1.807, 2.05) is 51.5 Å². The second-order valence-electron chi connectivity index (χ2n) is 13.7. The fourth-order valence-corrected chi connectivity index (χ4v) is 6.90. The van der Waals surface area contributed by atoms with Crippen LogP contribution in [0.15, 0.2) is 0 Å². The van der Waals surface area contributed by atoms with Crippen LogP contribution < -0.4 is 16.5 Å². The van der Waals surface area contributed by atoms with Crippen molar-refractivity contribution in [3.63, 3.8) is 0 Å². The van der Waals surface area contributed by atoms with Crippen LogP contribution in [0.1, 0.15) is 106 Å². The first-order valence-electron chi connectivity index (χ1n) is 17.0. The fourth-order valence-electron chi connectivity index (χ4n) is 6.90. The molecule has 9 nitrogen and oxygen atoms in total. The number of halogens is 2. The number of alkyl halides is 2. The topological polar surface area (TPSA) is 125 Å². The molecule has 2 fully saturated rings. The van der Waals surface area contributed by atoms with Gasteiger partial charge >= 0.3 is 0 Å². The molecule has 2 rings (SSSR count). The number of primary amides is 1. The molecule has 7 atom stereocenters. The summed E-state index contributed by atoms with van der Waals surface area (Å²) >= 11 is 0. The zero-order chi connectivity index (χ0) is 33.0. The lowest BCUT2D eigenvalue weighted by Gasteiger charge is -2.38. The second-order valence-corrected chi connectivity index (χ2v) is 13.7. The Morgan fingerprint density at radius 3 is 1.86 bits per heavy atom. The summed E-state index contributed by atoms with van der Waals surface area (Å²) in [5.74, 6) is -3.15. The van der Waals surface area contributed by atoms with Crippen molar-refractivity contribution < 1.29 is 28.0 Å². The van der Waals surface area contributed by atoms with Crippen LogP contribution in [-0.4, -0.2) is 78.1 Å². The molecule has 0 heterocycles. The zero-order valence-electron chi connectivity index (χ0n) is 28.0. The second kappa shape index (κ2) is 18.6. The van der Waals surface area contributed by atoms with Crippen molar-refractivity contribution in [2.24, 2.45) is 41.2 Å². The Balaban J connectivity index is 2.28. The summed E-state index contributed by atoms with van der Waals surface area (Å²) in [6.07, 6.45) is 1.74. The van der Waals surface area contributed by atoms with E-state index in [-0.39, 0.29) is 61.2 Å². The maximum Gasteiger partial charge on any atom is 0.236 e. The van der Waals surface area contributed by atoms with Gasteiger partial charge in [0.25, 0.3) is 0 Å². The molecule has 2 aliphatic rings. The molecule has 11 heteroatoms. The van der Waals surface area contributed by atoms with Crippen LogP contribution in [0.25, 0.3) is 0 Å². The van der Waals surface area contributed by atoms with Crippen molar-refractivity contribution in [3.05, 3.63) is 0 Å². The Labute approximate surface area is 263 Å².